The second kappa shape index (κ2) is 2.65. The molecule has 1 nitrogen and oxygen atoms in total. The molecule has 1 aliphatic carbocycles. The van der Waals surface area contributed by atoms with E-state index in [1.807, 2.05) is 0 Å². The maximum atomic E-state index is 9.92. The average Bonchev–Trinajstić information content (AvgIpc) is 2.19. The molecule has 0 aromatic heterocycles. The zero-order chi connectivity index (χ0) is 5.82. The number of carbonyl (C=O) groups is 1. The Balaban J connectivity index is 2.33. The molecule has 1 heteroatoms. The molecule has 0 heterocycles. The molecule has 0 saturated heterocycles. The summed E-state index contributed by atoms with van der Waals surface area (Å²) in [5.41, 5.74) is 1.33. The Morgan fingerprint density at radius 1 is 1.75 bits per heavy atom. The summed E-state index contributed by atoms with van der Waals surface area (Å²) in [6.45, 7) is 0. The van der Waals surface area contributed by atoms with Crippen LogP contribution in [0.5, 0.6) is 0 Å². The highest BCUT2D eigenvalue weighted by Crippen LogP contribution is 2.18. The Bertz CT molecular complexity index is 114. The van der Waals surface area contributed by atoms with E-state index in [0.717, 1.165) is 12.7 Å². The molecule has 0 aromatic rings. The molecule has 0 aromatic carbocycles. The largest absolute Gasteiger partial charge is 0.303 e. The predicted molar refractivity (Wildman–Crippen MR) is 32.6 cm³/mol. The molecule has 1 aliphatic rings. The lowest BCUT2D eigenvalue weighted by Gasteiger charge is -1.88. The van der Waals surface area contributed by atoms with Crippen molar-refractivity contribution in [2.75, 3.05) is 0 Å². The van der Waals surface area contributed by atoms with Crippen LogP contribution in [0.3, 0.4) is 0 Å². The van der Waals surface area contributed by atoms with Gasteiger partial charge in [-0.15, -0.1) is 0 Å². The molecule has 0 spiro atoms. The maximum Gasteiger partial charge on any atom is 0.124 e. The quantitative estimate of drug-likeness (QED) is 0.390. The van der Waals surface area contributed by atoms with Gasteiger partial charge in [0, 0.05) is 6.42 Å². The third kappa shape index (κ3) is 1.19. The highest BCUT2D eigenvalue weighted by molar-refractivity contribution is 5.54. The SMILES string of the molecule is O=CCC1=CCCC1. The van der Waals surface area contributed by atoms with Crippen molar-refractivity contribution >= 4 is 6.29 Å². The van der Waals surface area contributed by atoms with Crippen LogP contribution in [0.25, 0.3) is 0 Å². The minimum atomic E-state index is 0.667. The first kappa shape index (κ1) is 5.54. The van der Waals surface area contributed by atoms with E-state index >= 15 is 0 Å². The lowest BCUT2D eigenvalue weighted by atomic mass is 10.2. The second-order valence-corrected chi connectivity index (χ2v) is 2.13. The fourth-order valence-electron chi connectivity index (χ4n) is 1.03. The molecule has 0 N–H and O–H groups in total. The lowest BCUT2D eigenvalue weighted by Crippen LogP contribution is -1.77. The highest BCUT2D eigenvalue weighted by Gasteiger charge is 2.01. The van der Waals surface area contributed by atoms with Gasteiger partial charge >= 0.3 is 0 Å². The van der Waals surface area contributed by atoms with Gasteiger partial charge in [-0.25, -0.2) is 0 Å². The summed E-state index contributed by atoms with van der Waals surface area (Å²) in [4.78, 5) is 9.92. The minimum Gasteiger partial charge on any atom is -0.303 e. The summed E-state index contributed by atoms with van der Waals surface area (Å²) >= 11 is 0. The van der Waals surface area contributed by atoms with E-state index in [1.165, 1.54) is 18.4 Å². The molecular weight excluding hydrogens is 100 g/mol. The maximum absolute atomic E-state index is 9.92. The molecule has 0 saturated carbocycles. The number of aldehydes is 1. The van der Waals surface area contributed by atoms with Crippen LogP contribution in [0.1, 0.15) is 25.7 Å². The molecule has 44 valence electrons. The van der Waals surface area contributed by atoms with E-state index < -0.39 is 0 Å². The standard InChI is InChI=1S/C7H10O/c8-6-5-7-3-1-2-4-7/h3,6H,1-2,4-5H2. The van der Waals surface area contributed by atoms with Gasteiger partial charge in [0.05, 0.1) is 0 Å². The van der Waals surface area contributed by atoms with Crippen LogP contribution in [0, 0.1) is 0 Å². The van der Waals surface area contributed by atoms with E-state index in [-0.39, 0.29) is 0 Å². The second-order valence-electron chi connectivity index (χ2n) is 2.13. The van der Waals surface area contributed by atoms with Crippen molar-refractivity contribution in [3.63, 3.8) is 0 Å². The number of hydrogen-bond acceptors (Lipinski definition) is 1. The van der Waals surface area contributed by atoms with Crippen LogP contribution in [0.2, 0.25) is 0 Å². The number of rotatable bonds is 2. The zero-order valence-corrected chi connectivity index (χ0v) is 4.89. The molecule has 0 radical (unpaired) electrons. The summed E-state index contributed by atoms with van der Waals surface area (Å²) in [5, 5.41) is 0. The first-order chi connectivity index (χ1) is 3.93. The van der Waals surface area contributed by atoms with Crippen LogP contribution in [-0.4, -0.2) is 6.29 Å². The van der Waals surface area contributed by atoms with E-state index in [9.17, 15) is 4.79 Å². The number of hydrogen-bond donors (Lipinski definition) is 0. The monoisotopic (exact) mass is 110 g/mol. The normalized spacial score (nSPS) is 18.2. The van der Waals surface area contributed by atoms with Crippen molar-refractivity contribution in [3.8, 4) is 0 Å². The van der Waals surface area contributed by atoms with E-state index in [0.29, 0.717) is 6.42 Å². The smallest absolute Gasteiger partial charge is 0.124 e. The van der Waals surface area contributed by atoms with Gasteiger partial charge in [0.15, 0.2) is 0 Å². The predicted octanol–water partition coefficient (Wildman–Crippen LogP) is 1.69. The minimum absolute atomic E-state index is 0.667. The summed E-state index contributed by atoms with van der Waals surface area (Å²) in [7, 11) is 0. The fraction of sp³-hybridized carbons (Fsp3) is 0.571. The molecule has 0 fully saturated rings. The van der Waals surface area contributed by atoms with Crippen molar-refractivity contribution in [1.29, 1.82) is 0 Å². The van der Waals surface area contributed by atoms with Gasteiger partial charge in [0.25, 0.3) is 0 Å². The molecule has 0 aliphatic heterocycles. The molecule has 0 unspecified atom stereocenters. The van der Waals surface area contributed by atoms with Gasteiger partial charge in [-0.2, -0.15) is 0 Å². The summed E-state index contributed by atoms with van der Waals surface area (Å²) in [5.74, 6) is 0. The van der Waals surface area contributed by atoms with E-state index in [4.69, 9.17) is 0 Å². The fourth-order valence-corrected chi connectivity index (χ4v) is 1.03. The van der Waals surface area contributed by atoms with Gasteiger partial charge in [0.2, 0.25) is 0 Å². The lowest BCUT2D eigenvalue weighted by molar-refractivity contribution is -0.107. The van der Waals surface area contributed by atoms with E-state index in [1.54, 1.807) is 0 Å². The third-order valence-corrected chi connectivity index (χ3v) is 1.48. The van der Waals surface area contributed by atoms with Gasteiger partial charge in [-0.1, -0.05) is 11.6 Å². The van der Waals surface area contributed by atoms with Crippen molar-refractivity contribution in [1.82, 2.24) is 0 Å². The highest BCUT2D eigenvalue weighted by atomic mass is 16.1. The van der Waals surface area contributed by atoms with Gasteiger partial charge in [-0.05, 0) is 19.3 Å². The first-order valence-corrected chi connectivity index (χ1v) is 3.05. The number of carbonyl (C=O) groups excluding carboxylic acids is 1. The van der Waals surface area contributed by atoms with Gasteiger partial charge < -0.3 is 4.79 Å². The van der Waals surface area contributed by atoms with Crippen molar-refractivity contribution in [3.05, 3.63) is 11.6 Å². The Morgan fingerprint density at radius 2 is 2.62 bits per heavy atom. The van der Waals surface area contributed by atoms with Crippen molar-refractivity contribution < 1.29 is 4.79 Å². The van der Waals surface area contributed by atoms with Gasteiger partial charge in [-0.3, -0.25) is 0 Å². The van der Waals surface area contributed by atoms with Gasteiger partial charge in [0.1, 0.15) is 6.29 Å². The Hall–Kier alpha value is -0.590. The molecule has 8 heavy (non-hydrogen) atoms. The molecule has 0 bridgehead atoms. The van der Waals surface area contributed by atoms with Crippen LogP contribution in [0.4, 0.5) is 0 Å². The summed E-state index contributed by atoms with van der Waals surface area (Å²) in [6, 6.07) is 0. The third-order valence-electron chi connectivity index (χ3n) is 1.48. The van der Waals surface area contributed by atoms with E-state index in [2.05, 4.69) is 6.08 Å². The molecule has 1 rings (SSSR count). The van der Waals surface area contributed by atoms with Crippen LogP contribution in [-0.2, 0) is 4.79 Å². The van der Waals surface area contributed by atoms with Crippen LogP contribution >= 0.6 is 0 Å². The van der Waals surface area contributed by atoms with Crippen LogP contribution < -0.4 is 0 Å². The average molecular weight is 110 g/mol. The summed E-state index contributed by atoms with van der Waals surface area (Å²) in [6.07, 6.45) is 7.41. The molecule has 0 atom stereocenters. The summed E-state index contributed by atoms with van der Waals surface area (Å²) < 4.78 is 0. The Kier molecular flexibility index (Phi) is 1.84. The number of allylic oxidation sites excluding steroid dienone is 2. The first-order valence-electron chi connectivity index (χ1n) is 3.05. The van der Waals surface area contributed by atoms with Crippen molar-refractivity contribution in [2.24, 2.45) is 0 Å². The Morgan fingerprint density at radius 3 is 3.12 bits per heavy atom. The van der Waals surface area contributed by atoms with Crippen LogP contribution in [0.15, 0.2) is 11.6 Å². The molecular formula is C7H10O. The molecule has 0 amide bonds. The Labute approximate surface area is 49.4 Å². The topological polar surface area (TPSA) is 17.1 Å². The van der Waals surface area contributed by atoms with Crippen molar-refractivity contribution in [2.45, 2.75) is 25.7 Å². The zero-order valence-electron chi connectivity index (χ0n) is 4.89.